The van der Waals surface area contributed by atoms with Gasteiger partial charge >= 0.3 is 0 Å². The van der Waals surface area contributed by atoms with Gasteiger partial charge in [0, 0.05) is 30.9 Å². The molecule has 2 unspecified atom stereocenters. The molecular formula is C24H29N3O3S. The van der Waals surface area contributed by atoms with Gasteiger partial charge in [-0.1, -0.05) is 0 Å². The molecule has 1 amide bonds. The number of aromatic nitrogens is 1. The largest absolute Gasteiger partial charge is 0.481 e. The molecule has 6 nitrogen and oxygen atoms in total. The summed E-state index contributed by atoms with van der Waals surface area (Å²) in [7, 11) is 3.49. The first-order valence-electron chi connectivity index (χ1n) is 10.6. The molecular weight excluding hydrogens is 410 g/mol. The summed E-state index contributed by atoms with van der Waals surface area (Å²) in [6.07, 6.45) is 7.67. The molecule has 2 aliphatic rings. The van der Waals surface area contributed by atoms with Crippen LogP contribution in [0.2, 0.25) is 0 Å². The summed E-state index contributed by atoms with van der Waals surface area (Å²) in [4.78, 5) is 18.8. The lowest BCUT2D eigenvalue weighted by atomic mass is 9.75. The van der Waals surface area contributed by atoms with E-state index in [9.17, 15) is 4.79 Å². The van der Waals surface area contributed by atoms with E-state index in [-0.39, 0.29) is 18.1 Å². The SMILES string of the molecule is COc1ncccc1C1(Nc2cccs2)C=CC2=C(CCCC(=O)N2C)C1OC(C)C. The molecule has 0 aromatic carbocycles. The summed E-state index contributed by atoms with van der Waals surface area (Å²) in [6, 6.07) is 8.03. The Kier molecular flexibility index (Phi) is 6.16. The molecule has 0 radical (unpaired) electrons. The molecule has 0 saturated heterocycles. The second-order valence-corrected chi connectivity index (χ2v) is 9.09. The number of ether oxygens (including phenoxy) is 2. The van der Waals surface area contributed by atoms with Crippen LogP contribution in [0, 0.1) is 0 Å². The van der Waals surface area contributed by atoms with Gasteiger partial charge in [-0.05, 0) is 74.1 Å². The number of hydrogen-bond acceptors (Lipinski definition) is 6. The Balaban J connectivity index is 1.93. The summed E-state index contributed by atoms with van der Waals surface area (Å²) in [5.41, 5.74) is 2.22. The van der Waals surface area contributed by atoms with Gasteiger partial charge in [0.2, 0.25) is 11.8 Å². The fourth-order valence-corrected chi connectivity index (χ4v) is 5.11. The van der Waals surface area contributed by atoms with Crippen molar-refractivity contribution < 1.29 is 14.3 Å². The number of thiophene rings is 1. The number of amides is 1. The summed E-state index contributed by atoms with van der Waals surface area (Å²) in [5.74, 6) is 0.686. The summed E-state index contributed by atoms with van der Waals surface area (Å²) in [5, 5.41) is 6.82. The molecule has 4 rings (SSSR count). The number of methoxy groups -OCH3 is 1. The van der Waals surface area contributed by atoms with E-state index in [4.69, 9.17) is 9.47 Å². The molecule has 7 heteroatoms. The maximum Gasteiger partial charge on any atom is 0.226 e. The van der Waals surface area contributed by atoms with Crippen molar-refractivity contribution in [2.75, 3.05) is 19.5 Å². The zero-order valence-corrected chi connectivity index (χ0v) is 19.2. The summed E-state index contributed by atoms with van der Waals surface area (Å²) in [6.45, 7) is 4.08. The van der Waals surface area contributed by atoms with E-state index in [1.165, 1.54) is 0 Å². The van der Waals surface area contributed by atoms with Crippen molar-refractivity contribution >= 4 is 22.2 Å². The van der Waals surface area contributed by atoms with Crippen molar-refractivity contribution in [1.82, 2.24) is 9.88 Å². The van der Waals surface area contributed by atoms with Crippen LogP contribution >= 0.6 is 11.3 Å². The minimum absolute atomic E-state index is 0.0123. The van der Waals surface area contributed by atoms with Crippen LogP contribution in [0.15, 0.2) is 59.3 Å². The van der Waals surface area contributed by atoms with Crippen molar-refractivity contribution in [1.29, 1.82) is 0 Å². The average molecular weight is 440 g/mol. The number of hydrogen-bond donors (Lipinski definition) is 1. The van der Waals surface area contributed by atoms with Gasteiger partial charge in [0.15, 0.2) is 0 Å². The number of pyridine rings is 1. The number of nitrogens with one attached hydrogen (secondary N) is 1. The van der Waals surface area contributed by atoms with Crippen molar-refractivity contribution in [3.63, 3.8) is 0 Å². The normalized spacial score (nSPS) is 23.7. The Labute approximate surface area is 187 Å². The van der Waals surface area contributed by atoms with Crippen molar-refractivity contribution in [3.8, 4) is 5.88 Å². The summed E-state index contributed by atoms with van der Waals surface area (Å²) < 4.78 is 12.3. The number of carbonyl (C=O) groups is 1. The molecule has 1 aliphatic carbocycles. The minimum Gasteiger partial charge on any atom is -0.481 e. The Bertz CT molecular complexity index is 999. The van der Waals surface area contributed by atoms with Crippen molar-refractivity contribution in [2.24, 2.45) is 0 Å². The molecule has 0 saturated carbocycles. The first kappa shape index (κ1) is 21.6. The highest BCUT2D eigenvalue weighted by atomic mass is 32.1. The number of rotatable bonds is 6. The Morgan fingerprint density at radius 3 is 2.84 bits per heavy atom. The van der Waals surface area contributed by atoms with Gasteiger partial charge in [0.05, 0.1) is 18.2 Å². The third-order valence-corrected chi connectivity index (χ3v) is 6.59. The number of carbonyl (C=O) groups excluding carboxylic acids is 1. The van der Waals surface area contributed by atoms with E-state index in [2.05, 4.69) is 22.4 Å². The summed E-state index contributed by atoms with van der Waals surface area (Å²) >= 11 is 1.64. The smallest absolute Gasteiger partial charge is 0.226 e. The lowest BCUT2D eigenvalue weighted by Crippen LogP contribution is -2.50. The highest BCUT2D eigenvalue weighted by Gasteiger charge is 2.48. The third kappa shape index (κ3) is 4.00. The van der Waals surface area contributed by atoms with Gasteiger partial charge in [-0.2, -0.15) is 0 Å². The van der Waals surface area contributed by atoms with Crippen LogP contribution in [0.4, 0.5) is 5.00 Å². The lowest BCUT2D eigenvalue weighted by molar-refractivity contribution is -0.127. The van der Waals surface area contributed by atoms with Gasteiger partial charge in [0.25, 0.3) is 0 Å². The van der Waals surface area contributed by atoms with Gasteiger partial charge in [-0.25, -0.2) is 4.98 Å². The Morgan fingerprint density at radius 2 is 2.13 bits per heavy atom. The molecule has 1 N–H and O–H groups in total. The Morgan fingerprint density at radius 1 is 1.29 bits per heavy atom. The maximum absolute atomic E-state index is 12.6. The molecule has 31 heavy (non-hydrogen) atoms. The average Bonchev–Trinajstić information content (AvgIpc) is 3.22. The highest BCUT2D eigenvalue weighted by molar-refractivity contribution is 7.14. The van der Waals surface area contributed by atoms with E-state index in [1.54, 1.807) is 29.5 Å². The molecule has 2 aromatic heterocycles. The van der Waals surface area contributed by atoms with Crippen LogP contribution in [0.1, 0.15) is 38.7 Å². The highest BCUT2D eigenvalue weighted by Crippen LogP contribution is 2.46. The first-order valence-corrected chi connectivity index (χ1v) is 11.5. The van der Waals surface area contributed by atoms with E-state index in [0.29, 0.717) is 12.3 Å². The number of nitrogens with zero attached hydrogens (tertiary/aromatic N) is 2. The molecule has 3 heterocycles. The fraction of sp³-hybridized carbons (Fsp3) is 0.417. The van der Waals surface area contributed by atoms with Crippen LogP contribution in [0.25, 0.3) is 0 Å². The van der Waals surface area contributed by atoms with Crippen LogP contribution in [0.5, 0.6) is 5.88 Å². The zero-order chi connectivity index (χ0) is 22.0. The predicted molar refractivity (Wildman–Crippen MR) is 123 cm³/mol. The van der Waals surface area contributed by atoms with Gasteiger partial charge in [0.1, 0.15) is 11.6 Å². The fourth-order valence-electron chi connectivity index (χ4n) is 4.42. The molecule has 0 fully saturated rings. The van der Waals surface area contributed by atoms with E-state index >= 15 is 0 Å². The number of anilines is 1. The molecule has 1 aliphatic heterocycles. The second kappa shape index (κ2) is 8.85. The van der Waals surface area contributed by atoms with Gasteiger partial charge < -0.3 is 19.7 Å². The predicted octanol–water partition coefficient (Wildman–Crippen LogP) is 4.72. The van der Waals surface area contributed by atoms with Crippen LogP contribution in [0.3, 0.4) is 0 Å². The van der Waals surface area contributed by atoms with Crippen LogP contribution < -0.4 is 10.1 Å². The molecule has 164 valence electrons. The molecule has 2 aromatic rings. The standard InChI is InChI=1S/C24H29N3O3S/c1-16(2)30-22-17-8-5-11-21(28)27(3)19(17)12-13-24(22,26-20-10-7-15-31-20)18-9-6-14-25-23(18)29-4/h6-7,9-10,12-16,22,26H,5,8,11H2,1-4H3. The van der Waals surface area contributed by atoms with Crippen LogP contribution in [-0.2, 0) is 15.1 Å². The lowest BCUT2D eigenvalue weighted by Gasteiger charge is -2.45. The van der Waals surface area contributed by atoms with E-state index in [0.717, 1.165) is 34.7 Å². The van der Waals surface area contributed by atoms with Crippen molar-refractivity contribution in [3.05, 3.63) is 64.8 Å². The first-order chi connectivity index (χ1) is 15.0. The van der Waals surface area contributed by atoms with E-state index in [1.807, 2.05) is 50.6 Å². The van der Waals surface area contributed by atoms with E-state index < -0.39 is 5.54 Å². The molecule has 2 atom stereocenters. The minimum atomic E-state index is -0.734. The van der Waals surface area contributed by atoms with Gasteiger partial charge in [-0.3, -0.25) is 4.79 Å². The quantitative estimate of drug-likeness (QED) is 0.706. The van der Waals surface area contributed by atoms with Crippen molar-refractivity contribution in [2.45, 2.75) is 50.9 Å². The zero-order valence-electron chi connectivity index (χ0n) is 18.4. The molecule has 0 spiro atoms. The number of likely N-dealkylation sites (N-methyl/N-ethyl adjacent to an activating group) is 1. The number of allylic oxidation sites excluding steroid dienone is 1. The monoisotopic (exact) mass is 439 g/mol. The van der Waals surface area contributed by atoms with Crippen LogP contribution in [-0.4, -0.2) is 42.2 Å². The van der Waals surface area contributed by atoms with Gasteiger partial charge in [-0.15, -0.1) is 11.3 Å². The molecule has 0 bridgehead atoms. The Hall–Kier alpha value is -2.64. The topological polar surface area (TPSA) is 63.7 Å². The maximum atomic E-state index is 12.6. The third-order valence-electron chi connectivity index (χ3n) is 5.81. The second-order valence-electron chi connectivity index (χ2n) is 8.15.